The molecule has 2 fully saturated rings. The maximum atomic E-state index is 12.8. The minimum Gasteiger partial charge on any atom is -0.338 e. The summed E-state index contributed by atoms with van der Waals surface area (Å²) in [5, 5.41) is 8.94. The molecule has 0 aliphatic carbocycles. The van der Waals surface area contributed by atoms with Crippen LogP contribution in [0.25, 0.3) is 0 Å². The molecule has 3 N–H and O–H groups in total. The molecular weight excluding hydrogens is 292 g/mol. The molecule has 0 radical (unpaired) electrons. The number of nitrogens with zero attached hydrogens (tertiary/aromatic N) is 1. The Morgan fingerprint density at radius 3 is 2.48 bits per heavy atom. The highest BCUT2D eigenvalue weighted by Gasteiger charge is 2.38. The molecule has 6 nitrogen and oxygen atoms in total. The van der Waals surface area contributed by atoms with E-state index in [1.807, 2.05) is 30.9 Å². The molecule has 124 valence electrons. The molecular formula is C17H24N4O2. The van der Waals surface area contributed by atoms with E-state index >= 15 is 0 Å². The maximum Gasteiger partial charge on any atom is 0.319 e. The molecule has 0 saturated carbocycles. The van der Waals surface area contributed by atoms with Crippen LogP contribution in [0.15, 0.2) is 24.3 Å². The molecule has 0 unspecified atom stereocenters. The van der Waals surface area contributed by atoms with Gasteiger partial charge in [0.15, 0.2) is 0 Å². The molecule has 0 spiro atoms. The number of benzene rings is 1. The van der Waals surface area contributed by atoms with Crippen molar-refractivity contribution in [3.8, 4) is 0 Å². The average Bonchev–Trinajstić information content (AvgIpc) is 3.07. The summed E-state index contributed by atoms with van der Waals surface area (Å²) >= 11 is 0. The molecule has 0 bridgehead atoms. The highest BCUT2D eigenvalue weighted by Crippen LogP contribution is 2.28. The molecule has 1 aromatic rings. The third-order valence-corrected chi connectivity index (χ3v) is 4.50. The van der Waals surface area contributed by atoms with Gasteiger partial charge in [0.05, 0.1) is 11.3 Å². The topological polar surface area (TPSA) is 73.5 Å². The number of carbonyl (C=O) groups excluding carboxylic acids is 2. The predicted molar refractivity (Wildman–Crippen MR) is 89.5 cm³/mol. The second kappa shape index (κ2) is 6.58. The van der Waals surface area contributed by atoms with E-state index in [0.717, 1.165) is 26.2 Å². The van der Waals surface area contributed by atoms with E-state index in [4.69, 9.17) is 0 Å². The van der Waals surface area contributed by atoms with Crippen LogP contribution in [0.1, 0.15) is 24.2 Å². The Morgan fingerprint density at radius 2 is 1.83 bits per heavy atom. The number of anilines is 1. The first kappa shape index (κ1) is 15.8. The lowest BCUT2D eigenvalue weighted by atomic mass is 10.0. The summed E-state index contributed by atoms with van der Waals surface area (Å²) in [5.74, 6) is 1.12. The summed E-state index contributed by atoms with van der Waals surface area (Å²) in [4.78, 5) is 26.7. The highest BCUT2D eigenvalue weighted by molar-refractivity contribution is 6.03. The number of carbonyl (C=O) groups is 2. The number of amides is 3. The Labute approximate surface area is 136 Å². The van der Waals surface area contributed by atoms with Crippen LogP contribution >= 0.6 is 0 Å². The van der Waals surface area contributed by atoms with Gasteiger partial charge in [0.1, 0.15) is 0 Å². The van der Waals surface area contributed by atoms with Gasteiger partial charge in [0, 0.05) is 32.2 Å². The van der Waals surface area contributed by atoms with E-state index in [2.05, 4.69) is 16.0 Å². The number of para-hydroxylation sites is 1. The Kier molecular flexibility index (Phi) is 4.52. The van der Waals surface area contributed by atoms with Crippen LogP contribution in [0.3, 0.4) is 0 Å². The molecule has 3 amide bonds. The summed E-state index contributed by atoms with van der Waals surface area (Å²) in [6.45, 7) is 7.36. The van der Waals surface area contributed by atoms with Gasteiger partial charge in [0.2, 0.25) is 0 Å². The number of rotatable bonds is 3. The van der Waals surface area contributed by atoms with Gasteiger partial charge in [0.25, 0.3) is 5.91 Å². The van der Waals surface area contributed by atoms with Gasteiger partial charge in [-0.05, 0) is 37.8 Å². The van der Waals surface area contributed by atoms with Crippen LogP contribution < -0.4 is 16.0 Å². The Bertz CT molecular complexity index is 590. The van der Waals surface area contributed by atoms with Crippen molar-refractivity contribution in [3.05, 3.63) is 29.8 Å². The van der Waals surface area contributed by atoms with Crippen LogP contribution in [-0.2, 0) is 0 Å². The standard InChI is InChI=1S/C17H24N4O2/c1-11(2)19-17(23)20-15-6-4-3-5-14(15)16(22)21-9-12-7-18-8-13(12)10-21/h3-6,11-13,18H,7-10H2,1-2H3,(H2,19,20,23)/t12-,13+. The van der Waals surface area contributed by atoms with Crippen molar-refractivity contribution in [2.45, 2.75) is 19.9 Å². The van der Waals surface area contributed by atoms with E-state index in [1.165, 1.54) is 0 Å². The quantitative estimate of drug-likeness (QED) is 0.791. The fourth-order valence-corrected chi connectivity index (χ4v) is 3.39. The molecule has 3 rings (SSSR count). The minimum atomic E-state index is -0.289. The summed E-state index contributed by atoms with van der Waals surface area (Å²) in [6.07, 6.45) is 0. The first-order chi connectivity index (χ1) is 11.0. The van der Waals surface area contributed by atoms with Crippen molar-refractivity contribution < 1.29 is 9.59 Å². The molecule has 2 saturated heterocycles. The largest absolute Gasteiger partial charge is 0.338 e. The lowest BCUT2D eigenvalue weighted by molar-refractivity contribution is 0.0782. The molecule has 2 aliphatic heterocycles. The number of hydrogen-bond acceptors (Lipinski definition) is 3. The number of fused-ring (bicyclic) bond motifs is 1. The second-order valence-electron chi connectivity index (χ2n) is 6.69. The lowest BCUT2D eigenvalue weighted by Crippen LogP contribution is -2.36. The molecule has 1 aromatic carbocycles. The van der Waals surface area contributed by atoms with Gasteiger partial charge in [-0.2, -0.15) is 0 Å². The van der Waals surface area contributed by atoms with Gasteiger partial charge in [-0.1, -0.05) is 12.1 Å². The number of nitrogens with one attached hydrogen (secondary N) is 3. The minimum absolute atomic E-state index is 0.000142. The molecule has 6 heteroatoms. The average molecular weight is 316 g/mol. The van der Waals surface area contributed by atoms with Crippen LogP contribution in [0.2, 0.25) is 0 Å². The first-order valence-corrected chi connectivity index (χ1v) is 8.21. The third-order valence-electron chi connectivity index (χ3n) is 4.50. The Hall–Kier alpha value is -2.08. The van der Waals surface area contributed by atoms with Crippen molar-refractivity contribution >= 4 is 17.6 Å². The van der Waals surface area contributed by atoms with E-state index in [0.29, 0.717) is 23.1 Å². The van der Waals surface area contributed by atoms with Crippen molar-refractivity contribution in [1.29, 1.82) is 0 Å². The zero-order chi connectivity index (χ0) is 16.4. The van der Waals surface area contributed by atoms with Crippen molar-refractivity contribution in [3.63, 3.8) is 0 Å². The fraction of sp³-hybridized carbons (Fsp3) is 0.529. The van der Waals surface area contributed by atoms with Gasteiger partial charge in [-0.15, -0.1) is 0 Å². The van der Waals surface area contributed by atoms with E-state index < -0.39 is 0 Å². The summed E-state index contributed by atoms with van der Waals surface area (Å²) in [7, 11) is 0. The van der Waals surface area contributed by atoms with Crippen LogP contribution in [-0.4, -0.2) is 49.1 Å². The number of hydrogen-bond donors (Lipinski definition) is 3. The fourth-order valence-electron chi connectivity index (χ4n) is 3.39. The smallest absolute Gasteiger partial charge is 0.319 e. The van der Waals surface area contributed by atoms with Crippen LogP contribution in [0, 0.1) is 11.8 Å². The first-order valence-electron chi connectivity index (χ1n) is 8.21. The normalized spacial score (nSPS) is 23.0. The van der Waals surface area contributed by atoms with Gasteiger partial charge >= 0.3 is 6.03 Å². The van der Waals surface area contributed by atoms with Crippen LogP contribution in [0.5, 0.6) is 0 Å². The Balaban J connectivity index is 1.72. The predicted octanol–water partition coefficient (Wildman–Crippen LogP) is 1.51. The second-order valence-corrected chi connectivity index (χ2v) is 6.69. The summed E-state index contributed by atoms with van der Waals surface area (Å²) < 4.78 is 0. The van der Waals surface area contributed by atoms with Crippen LogP contribution in [0.4, 0.5) is 10.5 Å². The zero-order valence-electron chi connectivity index (χ0n) is 13.6. The lowest BCUT2D eigenvalue weighted by Gasteiger charge is -2.20. The zero-order valence-corrected chi connectivity index (χ0v) is 13.6. The SMILES string of the molecule is CC(C)NC(=O)Nc1ccccc1C(=O)N1C[C@H]2CNC[C@H]2C1. The van der Waals surface area contributed by atoms with E-state index in [9.17, 15) is 9.59 Å². The third kappa shape index (κ3) is 3.47. The molecule has 2 atom stereocenters. The van der Waals surface area contributed by atoms with Gasteiger partial charge < -0.3 is 20.9 Å². The molecule has 0 aromatic heterocycles. The van der Waals surface area contributed by atoms with E-state index in [-0.39, 0.29) is 18.0 Å². The maximum absolute atomic E-state index is 12.8. The summed E-state index contributed by atoms with van der Waals surface area (Å²) in [6, 6.07) is 6.96. The summed E-state index contributed by atoms with van der Waals surface area (Å²) in [5.41, 5.74) is 1.12. The van der Waals surface area contributed by atoms with Gasteiger partial charge in [-0.3, -0.25) is 4.79 Å². The van der Waals surface area contributed by atoms with Crippen molar-refractivity contribution in [2.75, 3.05) is 31.5 Å². The monoisotopic (exact) mass is 316 g/mol. The highest BCUT2D eigenvalue weighted by atomic mass is 16.2. The van der Waals surface area contributed by atoms with Crippen molar-refractivity contribution in [1.82, 2.24) is 15.5 Å². The number of urea groups is 1. The van der Waals surface area contributed by atoms with E-state index in [1.54, 1.807) is 12.1 Å². The Morgan fingerprint density at radius 1 is 1.17 bits per heavy atom. The molecule has 2 aliphatic rings. The molecule has 23 heavy (non-hydrogen) atoms. The van der Waals surface area contributed by atoms with Crippen molar-refractivity contribution in [2.24, 2.45) is 11.8 Å². The van der Waals surface area contributed by atoms with Gasteiger partial charge in [-0.25, -0.2) is 4.79 Å². The molecule has 2 heterocycles. The number of likely N-dealkylation sites (tertiary alicyclic amines) is 1.